The summed E-state index contributed by atoms with van der Waals surface area (Å²) in [4.78, 5) is 2.69. The van der Waals surface area contributed by atoms with Gasteiger partial charge in [0.25, 0.3) is 0 Å². The van der Waals surface area contributed by atoms with Gasteiger partial charge in [-0.15, -0.1) is 0 Å². The lowest BCUT2D eigenvalue weighted by atomic mass is 9.78. The Morgan fingerprint density at radius 3 is 2.53 bits per heavy atom. The fraction of sp³-hybridized carbons (Fsp3) is 0.647. The van der Waals surface area contributed by atoms with Crippen molar-refractivity contribution < 1.29 is 0 Å². The highest BCUT2D eigenvalue weighted by Crippen LogP contribution is 2.36. The maximum Gasteiger partial charge on any atom is 0.0168 e. The third-order valence-corrected chi connectivity index (χ3v) is 4.92. The number of rotatable bonds is 2. The zero-order valence-electron chi connectivity index (χ0n) is 11.8. The number of likely N-dealkylation sites (tertiary alicyclic amines) is 1. The van der Waals surface area contributed by atoms with E-state index in [4.69, 9.17) is 5.73 Å². The van der Waals surface area contributed by atoms with E-state index in [1.54, 1.807) is 0 Å². The van der Waals surface area contributed by atoms with Gasteiger partial charge in [-0.3, -0.25) is 4.90 Å². The summed E-state index contributed by atoms with van der Waals surface area (Å²) < 4.78 is 0. The Kier molecular flexibility index (Phi) is 4.19. The topological polar surface area (TPSA) is 29.3 Å². The average Bonchev–Trinajstić information content (AvgIpc) is 2.48. The second-order valence-corrected chi connectivity index (χ2v) is 6.27. The van der Waals surface area contributed by atoms with Crippen molar-refractivity contribution in [3.05, 3.63) is 35.9 Å². The first-order valence-electron chi connectivity index (χ1n) is 7.89. The van der Waals surface area contributed by atoms with Crippen LogP contribution in [0.5, 0.6) is 0 Å². The average molecular weight is 258 g/mol. The van der Waals surface area contributed by atoms with E-state index in [2.05, 4.69) is 35.2 Å². The molecule has 0 bridgehead atoms. The molecule has 0 amide bonds. The van der Waals surface area contributed by atoms with Crippen LogP contribution in [0.25, 0.3) is 0 Å². The molecule has 2 aliphatic rings. The Labute approximate surface area is 117 Å². The largest absolute Gasteiger partial charge is 0.327 e. The third-order valence-electron chi connectivity index (χ3n) is 4.92. The lowest BCUT2D eigenvalue weighted by Gasteiger charge is -2.43. The Morgan fingerprint density at radius 1 is 0.947 bits per heavy atom. The SMILES string of the molecule is NC1CCCN(C2CCCCC2c2ccccc2)C1. The molecule has 3 unspecified atom stereocenters. The molecule has 2 nitrogen and oxygen atoms in total. The molecule has 0 spiro atoms. The van der Waals surface area contributed by atoms with Gasteiger partial charge in [0.15, 0.2) is 0 Å². The molecule has 1 aliphatic carbocycles. The summed E-state index contributed by atoms with van der Waals surface area (Å²) in [5.74, 6) is 0.722. The zero-order chi connectivity index (χ0) is 13.1. The second kappa shape index (κ2) is 6.06. The standard InChI is InChI=1S/C17H26N2/c18-15-9-6-12-19(13-15)17-11-5-4-10-16(17)14-7-2-1-3-8-14/h1-3,7-8,15-17H,4-6,9-13,18H2. The Morgan fingerprint density at radius 2 is 1.74 bits per heavy atom. The minimum Gasteiger partial charge on any atom is -0.327 e. The van der Waals surface area contributed by atoms with Crippen molar-refractivity contribution in [2.24, 2.45) is 5.73 Å². The molecule has 1 aromatic carbocycles. The molecule has 3 atom stereocenters. The van der Waals surface area contributed by atoms with Crippen molar-refractivity contribution >= 4 is 0 Å². The van der Waals surface area contributed by atoms with Gasteiger partial charge >= 0.3 is 0 Å². The summed E-state index contributed by atoms with van der Waals surface area (Å²) in [6.45, 7) is 2.36. The molecule has 19 heavy (non-hydrogen) atoms. The second-order valence-electron chi connectivity index (χ2n) is 6.27. The van der Waals surface area contributed by atoms with Crippen molar-refractivity contribution in [2.45, 2.75) is 56.5 Å². The summed E-state index contributed by atoms with van der Waals surface area (Å²) in [7, 11) is 0. The number of nitrogens with two attached hydrogens (primary N) is 1. The zero-order valence-corrected chi connectivity index (χ0v) is 11.8. The first-order chi connectivity index (χ1) is 9.34. The fourth-order valence-corrected chi connectivity index (χ4v) is 3.98. The molecule has 2 fully saturated rings. The smallest absolute Gasteiger partial charge is 0.0168 e. The van der Waals surface area contributed by atoms with Crippen LogP contribution in [0.3, 0.4) is 0 Å². The van der Waals surface area contributed by atoms with Gasteiger partial charge < -0.3 is 5.73 Å². The van der Waals surface area contributed by atoms with Gasteiger partial charge in [-0.2, -0.15) is 0 Å². The molecule has 0 aromatic heterocycles. The fourth-order valence-electron chi connectivity index (χ4n) is 3.98. The van der Waals surface area contributed by atoms with E-state index in [0.717, 1.165) is 18.5 Å². The lowest BCUT2D eigenvalue weighted by molar-refractivity contribution is 0.103. The monoisotopic (exact) mass is 258 g/mol. The van der Waals surface area contributed by atoms with Crippen LogP contribution < -0.4 is 5.73 Å². The van der Waals surface area contributed by atoms with E-state index in [9.17, 15) is 0 Å². The summed E-state index contributed by atoms with van der Waals surface area (Å²) in [5, 5.41) is 0. The molecule has 3 rings (SSSR count). The van der Waals surface area contributed by atoms with Gasteiger partial charge in [-0.05, 0) is 43.7 Å². The first kappa shape index (κ1) is 13.1. The van der Waals surface area contributed by atoms with Crippen LogP contribution in [-0.4, -0.2) is 30.1 Å². The Bertz CT molecular complexity index is 390. The maximum atomic E-state index is 6.17. The van der Waals surface area contributed by atoms with Gasteiger partial charge in [0.1, 0.15) is 0 Å². The normalized spacial score (nSPS) is 33.2. The maximum absolute atomic E-state index is 6.17. The van der Waals surface area contributed by atoms with E-state index >= 15 is 0 Å². The number of nitrogens with zero attached hydrogens (tertiary/aromatic N) is 1. The molecule has 1 aliphatic heterocycles. The highest BCUT2D eigenvalue weighted by Gasteiger charge is 2.32. The number of piperidine rings is 1. The van der Waals surface area contributed by atoms with Crippen molar-refractivity contribution in [3.8, 4) is 0 Å². The lowest BCUT2D eigenvalue weighted by Crippen LogP contribution is -2.50. The number of hydrogen-bond acceptors (Lipinski definition) is 2. The molecular weight excluding hydrogens is 232 g/mol. The highest BCUT2D eigenvalue weighted by molar-refractivity contribution is 5.22. The van der Waals surface area contributed by atoms with E-state index in [1.165, 1.54) is 50.6 Å². The summed E-state index contributed by atoms with van der Waals surface area (Å²) in [6.07, 6.45) is 7.96. The van der Waals surface area contributed by atoms with E-state index in [1.807, 2.05) is 0 Å². The van der Waals surface area contributed by atoms with Crippen LogP contribution in [0.1, 0.15) is 50.0 Å². The third kappa shape index (κ3) is 3.01. The molecule has 1 aromatic rings. The van der Waals surface area contributed by atoms with Crippen LogP contribution in [0.4, 0.5) is 0 Å². The molecule has 1 heterocycles. The summed E-state index contributed by atoms with van der Waals surface area (Å²) >= 11 is 0. The highest BCUT2D eigenvalue weighted by atomic mass is 15.2. The van der Waals surface area contributed by atoms with E-state index in [-0.39, 0.29) is 0 Å². The Balaban J connectivity index is 1.77. The number of benzene rings is 1. The Hall–Kier alpha value is -0.860. The first-order valence-corrected chi connectivity index (χ1v) is 7.89. The van der Waals surface area contributed by atoms with Crippen molar-refractivity contribution in [1.82, 2.24) is 4.90 Å². The van der Waals surface area contributed by atoms with Gasteiger partial charge in [-0.1, -0.05) is 43.2 Å². The van der Waals surface area contributed by atoms with Crippen LogP contribution in [-0.2, 0) is 0 Å². The minimum atomic E-state index is 0.395. The number of hydrogen-bond donors (Lipinski definition) is 1. The molecule has 2 N–H and O–H groups in total. The van der Waals surface area contributed by atoms with Crippen LogP contribution in [0.2, 0.25) is 0 Å². The predicted molar refractivity (Wildman–Crippen MR) is 80.2 cm³/mol. The van der Waals surface area contributed by atoms with Crippen LogP contribution in [0.15, 0.2) is 30.3 Å². The van der Waals surface area contributed by atoms with Gasteiger partial charge in [-0.25, -0.2) is 0 Å². The molecule has 2 heteroatoms. The van der Waals surface area contributed by atoms with Gasteiger partial charge in [0.05, 0.1) is 0 Å². The molecular formula is C17H26N2. The summed E-state index contributed by atoms with van der Waals surface area (Å²) in [5.41, 5.74) is 7.71. The summed E-state index contributed by atoms with van der Waals surface area (Å²) in [6, 6.07) is 12.2. The van der Waals surface area contributed by atoms with Crippen LogP contribution in [0, 0.1) is 0 Å². The van der Waals surface area contributed by atoms with E-state index < -0.39 is 0 Å². The molecule has 104 valence electrons. The van der Waals surface area contributed by atoms with Crippen molar-refractivity contribution in [2.75, 3.05) is 13.1 Å². The minimum absolute atomic E-state index is 0.395. The van der Waals surface area contributed by atoms with Crippen LogP contribution >= 0.6 is 0 Å². The molecule has 1 saturated carbocycles. The van der Waals surface area contributed by atoms with Gasteiger partial charge in [0, 0.05) is 18.6 Å². The van der Waals surface area contributed by atoms with Crippen molar-refractivity contribution in [3.63, 3.8) is 0 Å². The molecule has 0 radical (unpaired) electrons. The molecule has 1 saturated heterocycles. The van der Waals surface area contributed by atoms with Gasteiger partial charge in [0.2, 0.25) is 0 Å². The van der Waals surface area contributed by atoms with Crippen molar-refractivity contribution in [1.29, 1.82) is 0 Å². The van der Waals surface area contributed by atoms with E-state index in [0.29, 0.717) is 6.04 Å². The predicted octanol–water partition coefficient (Wildman–Crippen LogP) is 3.14. The quantitative estimate of drug-likeness (QED) is 0.883.